The van der Waals surface area contributed by atoms with Crippen molar-refractivity contribution in [1.82, 2.24) is 4.90 Å². The molecule has 1 aromatic rings. The summed E-state index contributed by atoms with van der Waals surface area (Å²) in [5, 5.41) is 0. The van der Waals surface area contributed by atoms with Crippen LogP contribution >= 0.6 is 0 Å². The van der Waals surface area contributed by atoms with Crippen molar-refractivity contribution in [2.75, 3.05) is 19.6 Å². The quantitative estimate of drug-likeness (QED) is 0.759. The zero-order valence-corrected chi connectivity index (χ0v) is 11.4. The standard InChI is InChI=1S/C17H23N/c1-2-18(12-14-6-5-7-14)13-16-11-10-15-8-3-4-9-17(15)16/h3-4,8-9,11,14H,2,5-7,10,12-13H2,1H3. The first-order valence-corrected chi connectivity index (χ1v) is 7.36. The van der Waals surface area contributed by atoms with E-state index in [1.807, 2.05) is 0 Å². The fraction of sp³-hybridized carbons (Fsp3) is 0.529. The van der Waals surface area contributed by atoms with E-state index >= 15 is 0 Å². The molecular weight excluding hydrogens is 218 g/mol. The number of nitrogens with zero attached hydrogens (tertiary/aromatic N) is 1. The van der Waals surface area contributed by atoms with Gasteiger partial charge in [0, 0.05) is 13.1 Å². The van der Waals surface area contributed by atoms with Gasteiger partial charge in [-0.05, 0) is 48.4 Å². The zero-order valence-electron chi connectivity index (χ0n) is 11.4. The Kier molecular flexibility index (Phi) is 3.51. The molecule has 1 heteroatoms. The van der Waals surface area contributed by atoms with Crippen molar-refractivity contribution >= 4 is 5.57 Å². The molecule has 18 heavy (non-hydrogen) atoms. The number of likely N-dealkylation sites (N-methyl/N-ethyl adjacent to an activating group) is 1. The van der Waals surface area contributed by atoms with Gasteiger partial charge in [0.15, 0.2) is 0 Å². The highest BCUT2D eigenvalue weighted by Gasteiger charge is 2.22. The van der Waals surface area contributed by atoms with E-state index in [0.717, 1.165) is 18.9 Å². The molecule has 1 fully saturated rings. The molecule has 0 amide bonds. The molecule has 0 radical (unpaired) electrons. The van der Waals surface area contributed by atoms with Crippen molar-refractivity contribution in [3.8, 4) is 0 Å². The van der Waals surface area contributed by atoms with Gasteiger partial charge in [0.25, 0.3) is 0 Å². The van der Waals surface area contributed by atoms with Crippen LogP contribution < -0.4 is 0 Å². The van der Waals surface area contributed by atoms with E-state index in [1.54, 1.807) is 5.57 Å². The van der Waals surface area contributed by atoms with E-state index in [2.05, 4.69) is 42.2 Å². The molecule has 2 aliphatic carbocycles. The highest BCUT2D eigenvalue weighted by molar-refractivity contribution is 5.74. The third-order valence-electron chi connectivity index (χ3n) is 4.51. The maximum Gasteiger partial charge on any atom is 0.0236 e. The van der Waals surface area contributed by atoms with E-state index in [4.69, 9.17) is 0 Å². The molecule has 0 heterocycles. The Morgan fingerprint density at radius 1 is 1.22 bits per heavy atom. The van der Waals surface area contributed by atoms with Gasteiger partial charge in [-0.1, -0.05) is 43.7 Å². The second-order valence-electron chi connectivity index (χ2n) is 5.72. The van der Waals surface area contributed by atoms with Crippen LogP contribution in [0.2, 0.25) is 0 Å². The third kappa shape index (κ3) is 2.37. The predicted octanol–water partition coefficient (Wildman–Crippen LogP) is 3.75. The molecule has 0 aliphatic heterocycles. The van der Waals surface area contributed by atoms with Crippen molar-refractivity contribution in [3.05, 3.63) is 41.5 Å². The molecule has 3 rings (SSSR count). The van der Waals surface area contributed by atoms with Crippen molar-refractivity contribution in [1.29, 1.82) is 0 Å². The summed E-state index contributed by atoms with van der Waals surface area (Å²) < 4.78 is 0. The molecule has 0 atom stereocenters. The van der Waals surface area contributed by atoms with Crippen LogP contribution in [0.15, 0.2) is 30.3 Å². The topological polar surface area (TPSA) is 3.24 Å². The van der Waals surface area contributed by atoms with E-state index in [0.29, 0.717) is 0 Å². The van der Waals surface area contributed by atoms with Crippen LogP contribution in [0.25, 0.3) is 5.57 Å². The molecule has 1 saturated carbocycles. The SMILES string of the molecule is CCN(CC1=CCc2ccccc21)CC1CCC1. The lowest BCUT2D eigenvalue weighted by atomic mass is 9.85. The fourth-order valence-electron chi connectivity index (χ4n) is 3.09. The van der Waals surface area contributed by atoms with Crippen molar-refractivity contribution in [2.24, 2.45) is 5.92 Å². The summed E-state index contributed by atoms with van der Waals surface area (Å²) in [6.07, 6.45) is 7.91. The molecule has 2 aliphatic rings. The second kappa shape index (κ2) is 5.27. The number of benzene rings is 1. The molecule has 0 unspecified atom stereocenters. The summed E-state index contributed by atoms with van der Waals surface area (Å²) in [6.45, 7) is 5.91. The van der Waals surface area contributed by atoms with Gasteiger partial charge in [0.1, 0.15) is 0 Å². The summed E-state index contributed by atoms with van der Waals surface area (Å²) in [5.41, 5.74) is 4.54. The van der Waals surface area contributed by atoms with Crippen LogP contribution in [0.3, 0.4) is 0 Å². The van der Waals surface area contributed by atoms with Crippen LogP contribution in [0.4, 0.5) is 0 Å². The minimum Gasteiger partial charge on any atom is -0.299 e. The second-order valence-corrected chi connectivity index (χ2v) is 5.72. The van der Waals surface area contributed by atoms with Gasteiger partial charge in [-0.15, -0.1) is 0 Å². The predicted molar refractivity (Wildman–Crippen MR) is 77.6 cm³/mol. The zero-order chi connectivity index (χ0) is 12.4. The largest absolute Gasteiger partial charge is 0.299 e. The van der Waals surface area contributed by atoms with Gasteiger partial charge in [0.05, 0.1) is 0 Å². The van der Waals surface area contributed by atoms with E-state index in [1.165, 1.54) is 43.5 Å². The summed E-state index contributed by atoms with van der Waals surface area (Å²) in [7, 11) is 0. The van der Waals surface area contributed by atoms with E-state index in [9.17, 15) is 0 Å². The molecule has 0 N–H and O–H groups in total. The van der Waals surface area contributed by atoms with Gasteiger partial charge in [0.2, 0.25) is 0 Å². The first kappa shape index (κ1) is 12.0. The van der Waals surface area contributed by atoms with Crippen molar-refractivity contribution in [2.45, 2.75) is 32.6 Å². The first-order chi connectivity index (χ1) is 8.86. The van der Waals surface area contributed by atoms with Crippen molar-refractivity contribution in [3.63, 3.8) is 0 Å². The minimum absolute atomic E-state index is 0.974. The Morgan fingerprint density at radius 2 is 2.06 bits per heavy atom. The minimum atomic E-state index is 0.974. The average Bonchev–Trinajstić information content (AvgIpc) is 2.75. The lowest BCUT2D eigenvalue weighted by molar-refractivity contribution is 0.199. The molecule has 1 aromatic carbocycles. The summed E-state index contributed by atoms with van der Waals surface area (Å²) in [5.74, 6) is 0.974. The van der Waals surface area contributed by atoms with Gasteiger partial charge < -0.3 is 0 Å². The maximum atomic E-state index is 2.62. The van der Waals surface area contributed by atoms with Gasteiger partial charge >= 0.3 is 0 Å². The number of hydrogen-bond donors (Lipinski definition) is 0. The fourth-order valence-corrected chi connectivity index (χ4v) is 3.09. The van der Waals surface area contributed by atoms with Gasteiger partial charge in [-0.25, -0.2) is 0 Å². The van der Waals surface area contributed by atoms with Crippen LogP contribution in [-0.4, -0.2) is 24.5 Å². The number of allylic oxidation sites excluding steroid dienone is 1. The lowest BCUT2D eigenvalue weighted by Crippen LogP contribution is -2.33. The molecule has 0 aromatic heterocycles. The van der Waals surface area contributed by atoms with Crippen LogP contribution in [-0.2, 0) is 6.42 Å². The van der Waals surface area contributed by atoms with Gasteiger partial charge in [-0.3, -0.25) is 4.90 Å². The Balaban J connectivity index is 1.65. The smallest absolute Gasteiger partial charge is 0.0236 e. The van der Waals surface area contributed by atoms with Crippen molar-refractivity contribution < 1.29 is 0 Å². The van der Waals surface area contributed by atoms with Crippen LogP contribution in [0.5, 0.6) is 0 Å². The molecular formula is C17H23N. The maximum absolute atomic E-state index is 2.62. The summed E-state index contributed by atoms with van der Waals surface area (Å²) in [6, 6.07) is 8.87. The van der Waals surface area contributed by atoms with Crippen LogP contribution in [0.1, 0.15) is 37.3 Å². The van der Waals surface area contributed by atoms with E-state index < -0.39 is 0 Å². The Labute approximate surface area is 111 Å². The normalized spacial score (nSPS) is 18.7. The molecule has 1 nitrogen and oxygen atoms in total. The Morgan fingerprint density at radius 3 is 2.78 bits per heavy atom. The average molecular weight is 241 g/mol. The molecule has 96 valence electrons. The monoisotopic (exact) mass is 241 g/mol. The molecule has 0 saturated heterocycles. The third-order valence-corrected chi connectivity index (χ3v) is 4.51. The highest BCUT2D eigenvalue weighted by atomic mass is 15.1. The molecule has 0 bridgehead atoms. The molecule has 0 spiro atoms. The Bertz CT molecular complexity index is 443. The highest BCUT2D eigenvalue weighted by Crippen LogP contribution is 2.30. The first-order valence-electron chi connectivity index (χ1n) is 7.36. The lowest BCUT2D eigenvalue weighted by Gasteiger charge is -2.32. The number of hydrogen-bond acceptors (Lipinski definition) is 1. The summed E-state index contributed by atoms with van der Waals surface area (Å²) in [4.78, 5) is 2.62. The van der Waals surface area contributed by atoms with Gasteiger partial charge in [-0.2, -0.15) is 0 Å². The summed E-state index contributed by atoms with van der Waals surface area (Å²) >= 11 is 0. The number of fused-ring (bicyclic) bond motifs is 1. The number of rotatable bonds is 5. The van der Waals surface area contributed by atoms with E-state index in [-0.39, 0.29) is 0 Å². The Hall–Kier alpha value is -1.08. The van der Waals surface area contributed by atoms with Crippen LogP contribution in [0, 0.1) is 5.92 Å².